The van der Waals surface area contributed by atoms with Gasteiger partial charge in [-0.1, -0.05) is 17.7 Å². The summed E-state index contributed by atoms with van der Waals surface area (Å²) in [6.45, 7) is 3.99. The van der Waals surface area contributed by atoms with E-state index in [0.29, 0.717) is 18.7 Å². The number of primary amides is 1. The number of carbonyl (C=O) groups is 3. The fraction of sp³-hybridized carbons (Fsp3) is 0.294. The van der Waals surface area contributed by atoms with E-state index in [4.69, 9.17) is 34.3 Å². The summed E-state index contributed by atoms with van der Waals surface area (Å²) < 4.78 is 5.17. The average Bonchev–Trinajstić information content (AvgIpc) is 2.58. The molecule has 1 heterocycles. The van der Waals surface area contributed by atoms with Crippen LogP contribution in [0.25, 0.3) is 6.08 Å². The third kappa shape index (κ3) is 4.03. The van der Waals surface area contributed by atoms with Gasteiger partial charge in [0.1, 0.15) is 11.3 Å². The Morgan fingerprint density at radius 1 is 1.23 bits per heavy atom. The molecule has 0 aliphatic carbocycles. The predicted octanol–water partition coefficient (Wildman–Crippen LogP) is 1.58. The zero-order chi connectivity index (χ0) is 19.4. The molecular weight excluding hydrogens is 378 g/mol. The number of carbonyl (C=O) groups excluding carboxylic acids is 3. The standard InChI is InChI=1S/C17H18ClN3O4S/c1-3-20-15(23)11(16(24)21(4-2)17(20)26)7-10-5-6-13(12(18)8-10)25-9-14(19)22/h5-8H,3-4,9H2,1-2H3,(H2,19,22). The van der Waals surface area contributed by atoms with E-state index in [1.54, 1.807) is 19.9 Å². The van der Waals surface area contributed by atoms with E-state index in [-0.39, 0.29) is 28.1 Å². The van der Waals surface area contributed by atoms with Gasteiger partial charge >= 0.3 is 0 Å². The van der Waals surface area contributed by atoms with E-state index >= 15 is 0 Å². The van der Waals surface area contributed by atoms with Crippen molar-refractivity contribution in [2.24, 2.45) is 5.73 Å². The highest BCUT2D eigenvalue weighted by Crippen LogP contribution is 2.27. The van der Waals surface area contributed by atoms with Gasteiger partial charge in [0.25, 0.3) is 17.7 Å². The summed E-state index contributed by atoms with van der Waals surface area (Å²) in [5.74, 6) is -1.24. The molecule has 2 N–H and O–H groups in total. The largest absolute Gasteiger partial charge is 0.482 e. The van der Waals surface area contributed by atoms with E-state index in [9.17, 15) is 14.4 Å². The number of ether oxygens (including phenoxy) is 1. The molecule has 7 nitrogen and oxygen atoms in total. The highest BCUT2D eigenvalue weighted by molar-refractivity contribution is 7.80. The summed E-state index contributed by atoms with van der Waals surface area (Å²) in [7, 11) is 0. The molecule has 9 heteroatoms. The van der Waals surface area contributed by atoms with Crippen molar-refractivity contribution in [2.45, 2.75) is 13.8 Å². The van der Waals surface area contributed by atoms with Crippen molar-refractivity contribution in [3.05, 3.63) is 34.4 Å². The number of hydrogen-bond donors (Lipinski definition) is 1. The Bertz CT molecular complexity index is 781. The van der Waals surface area contributed by atoms with Gasteiger partial charge < -0.3 is 10.5 Å². The molecule has 26 heavy (non-hydrogen) atoms. The van der Waals surface area contributed by atoms with Crippen LogP contribution in [0.5, 0.6) is 5.75 Å². The Morgan fingerprint density at radius 3 is 2.27 bits per heavy atom. The molecule has 0 spiro atoms. The van der Waals surface area contributed by atoms with Gasteiger partial charge in [0.05, 0.1) is 5.02 Å². The highest BCUT2D eigenvalue weighted by atomic mass is 35.5. The maximum atomic E-state index is 12.6. The average molecular weight is 396 g/mol. The lowest BCUT2D eigenvalue weighted by Gasteiger charge is -2.35. The number of hydrogen-bond acceptors (Lipinski definition) is 5. The van der Waals surface area contributed by atoms with Crippen LogP contribution in [0.3, 0.4) is 0 Å². The monoisotopic (exact) mass is 395 g/mol. The van der Waals surface area contributed by atoms with Gasteiger partial charge in [-0.3, -0.25) is 24.2 Å². The summed E-state index contributed by atoms with van der Waals surface area (Å²) in [6, 6.07) is 4.69. The van der Waals surface area contributed by atoms with E-state index in [2.05, 4.69) is 0 Å². The van der Waals surface area contributed by atoms with Crippen molar-refractivity contribution in [2.75, 3.05) is 19.7 Å². The van der Waals surface area contributed by atoms with Crippen molar-refractivity contribution in [3.63, 3.8) is 0 Å². The Hall–Kier alpha value is -2.45. The van der Waals surface area contributed by atoms with Crippen LogP contribution in [0.2, 0.25) is 5.02 Å². The second-order valence-corrected chi connectivity index (χ2v) is 6.16. The lowest BCUT2D eigenvalue weighted by Crippen LogP contribution is -2.55. The molecule has 2 rings (SSSR count). The Balaban J connectivity index is 2.36. The zero-order valence-electron chi connectivity index (χ0n) is 14.3. The summed E-state index contributed by atoms with van der Waals surface area (Å²) in [5, 5.41) is 0.432. The zero-order valence-corrected chi connectivity index (χ0v) is 15.9. The molecule has 1 aliphatic heterocycles. The lowest BCUT2D eigenvalue weighted by molar-refractivity contribution is -0.133. The van der Waals surface area contributed by atoms with E-state index in [1.807, 2.05) is 0 Å². The fourth-order valence-corrected chi connectivity index (χ4v) is 3.09. The van der Waals surface area contributed by atoms with Crippen LogP contribution in [0.15, 0.2) is 23.8 Å². The molecule has 0 aromatic heterocycles. The predicted molar refractivity (Wildman–Crippen MR) is 101 cm³/mol. The molecule has 1 aliphatic rings. The summed E-state index contributed by atoms with van der Waals surface area (Å²) in [5.41, 5.74) is 5.57. The maximum absolute atomic E-state index is 12.6. The van der Waals surface area contributed by atoms with Crippen LogP contribution in [0, 0.1) is 0 Å². The maximum Gasteiger partial charge on any atom is 0.265 e. The van der Waals surface area contributed by atoms with Crippen molar-refractivity contribution >= 4 is 52.7 Å². The molecular formula is C17H18ClN3O4S. The molecule has 0 unspecified atom stereocenters. The third-order valence-electron chi connectivity index (χ3n) is 3.68. The fourth-order valence-electron chi connectivity index (χ4n) is 2.42. The van der Waals surface area contributed by atoms with E-state index in [1.165, 1.54) is 28.0 Å². The number of nitrogens with two attached hydrogens (primary N) is 1. The minimum absolute atomic E-state index is 0.00386. The van der Waals surface area contributed by atoms with Crippen LogP contribution < -0.4 is 10.5 Å². The smallest absolute Gasteiger partial charge is 0.265 e. The topological polar surface area (TPSA) is 92.9 Å². The van der Waals surface area contributed by atoms with Crippen LogP contribution >= 0.6 is 23.8 Å². The number of amides is 3. The van der Waals surface area contributed by atoms with Gasteiger partial charge in [-0.05, 0) is 49.8 Å². The van der Waals surface area contributed by atoms with Crippen LogP contribution in [-0.4, -0.2) is 52.3 Å². The number of benzene rings is 1. The molecule has 1 fully saturated rings. The first-order valence-corrected chi connectivity index (χ1v) is 8.68. The van der Waals surface area contributed by atoms with Gasteiger partial charge in [0.15, 0.2) is 11.7 Å². The van der Waals surface area contributed by atoms with Gasteiger partial charge in [0, 0.05) is 13.1 Å². The highest BCUT2D eigenvalue weighted by Gasteiger charge is 2.37. The van der Waals surface area contributed by atoms with Crippen molar-refractivity contribution in [1.82, 2.24) is 9.80 Å². The van der Waals surface area contributed by atoms with E-state index < -0.39 is 17.7 Å². The van der Waals surface area contributed by atoms with Gasteiger partial charge in [0.2, 0.25) is 0 Å². The van der Waals surface area contributed by atoms with Gasteiger partial charge in [-0.25, -0.2) is 0 Å². The first-order chi connectivity index (χ1) is 12.3. The third-order valence-corrected chi connectivity index (χ3v) is 4.42. The van der Waals surface area contributed by atoms with Gasteiger partial charge in [-0.15, -0.1) is 0 Å². The molecule has 1 aromatic rings. The quantitative estimate of drug-likeness (QED) is 0.448. The first-order valence-electron chi connectivity index (χ1n) is 7.90. The molecule has 0 saturated carbocycles. The molecule has 0 radical (unpaired) electrons. The van der Waals surface area contributed by atoms with Gasteiger partial charge in [-0.2, -0.15) is 0 Å². The Labute approximate surface area is 161 Å². The van der Waals surface area contributed by atoms with Crippen molar-refractivity contribution in [1.29, 1.82) is 0 Å². The molecule has 0 bridgehead atoms. The van der Waals surface area contributed by atoms with Crippen molar-refractivity contribution < 1.29 is 19.1 Å². The Morgan fingerprint density at radius 2 is 1.81 bits per heavy atom. The summed E-state index contributed by atoms with van der Waals surface area (Å²) in [6.07, 6.45) is 1.46. The number of nitrogens with zero attached hydrogens (tertiary/aromatic N) is 2. The lowest BCUT2D eigenvalue weighted by atomic mass is 10.1. The van der Waals surface area contributed by atoms with Crippen LogP contribution in [-0.2, 0) is 14.4 Å². The van der Waals surface area contributed by atoms with Crippen LogP contribution in [0.1, 0.15) is 19.4 Å². The minimum Gasteiger partial charge on any atom is -0.482 e. The molecule has 1 aromatic carbocycles. The first kappa shape index (κ1) is 19.9. The number of halogens is 1. The minimum atomic E-state index is -0.624. The number of rotatable bonds is 6. The molecule has 1 saturated heterocycles. The number of likely N-dealkylation sites (N-methyl/N-ethyl adjacent to an activating group) is 2. The SMILES string of the molecule is CCN1C(=O)C(=Cc2ccc(OCC(N)=O)c(Cl)c2)C(=O)N(CC)C1=S. The number of thiocarbonyl (C=S) groups is 1. The molecule has 138 valence electrons. The second kappa shape index (κ2) is 8.29. The Kier molecular flexibility index (Phi) is 6.33. The van der Waals surface area contributed by atoms with Crippen LogP contribution in [0.4, 0.5) is 0 Å². The molecule has 3 amide bonds. The summed E-state index contributed by atoms with van der Waals surface area (Å²) >= 11 is 11.3. The molecule has 0 atom stereocenters. The summed E-state index contributed by atoms with van der Waals surface area (Å²) in [4.78, 5) is 38.7. The van der Waals surface area contributed by atoms with Crippen molar-refractivity contribution in [3.8, 4) is 5.75 Å². The van der Waals surface area contributed by atoms with E-state index in [0.717, 1.165) is 0 Å². The second-order valence-electron chi connectivity index (χ2n) is 5.38. The normalized spacial score (nSPS) is 14.7.